The number of nitrogens with zero attached hydrogens (tertiary/aromatic N) is 3. The number of ether oxygens (including phenoxy) is 3. The molecule has 3 atom stereocenters. The maximum atomic E-state index is 13.0. The van der Waals surface area contributed by atoms with Gasteiger partial charge in [-0.3, -0.25) is 24.5 Å². The van der Waals surface area contributed by atoms with E-state index in [9.17, 15) is 24.0 Å². The Morgan fingerprint density at radius 1 is 1.14 bits per heavy atom. The van der Waals surface area contributed by atoms with Crippen LogP contribution in [0.2, 0.25) is 0 Å². The molecule has 1 saturated heterocycles. The molecule has 2 unspecified atom stereocenters. The molecule has 14 heteroatoms. The maximum Gasteiger partial charge on any atom is 0.337 e. The van der Waals surface area contributed by atoms with E-state index < -0.39 is 17.9 Å². The highest BCUT2D eigenvalue weighted by atomic mass is 16.5. The van der Waals surface area contributed by atoms with Crippen LogP contribution in [-0.2, 0) is 35.1 Å². The second-order valence-electron chi connectivity index (χ2n) is 12.1. The summed E-state index contributed by atoms with van der Waals surface area (Å²) >= 11 is 0. The molecule has 5 rings (SSSR count). The SMILES string of the molecule is COC(=O)c1ccc2c(c1)C(N(N)/C=C(\N)COCCOCC#Cc1cccc3c1CN(C1CCC(=O)NC1=O)C3=O)[C@H](C)CN2C(C)=O. The molecule has 0 spiro atoms. The number of imide groups is 1. The van der Waals surface area contributed by atoms with Crippen LogP contribution in [0.25, 0.3) is 0 Å². The Morgan fingerprint density at radius 2 is 1.92 bits per heavy atom. The molecule has 4 amide bonds. The van der Waals surface area contributed by atoms with Gasteiger partial charge in [0.15, 0.2) is 0 Å². The van der Waals surface area contributed by atoms with Crippen molar-refractivity contribution >= 4 is 35.3 Å². The number of nitrogens with two attached hydrogens (primary N) is 2. The number of carbonyl (C=O) groups is 5. The second kappa shape index (κ2) is 15.3. The van der Waals surface area contributed by atoms with Crippen LogP contribution in [0.1, 0.15) is 70.1 Å². The van der Waals surface area contributed by atoms with Crippen LogP contribution >= 0.6 is 0 Å². The van der Waals surface area contributed by atoms with Gasteiger partial charge in [0.05, 0.1) is 44.2 Å². The van der Waals surface area contributed by atoms with E-state index >= 15 is 0 Å². The van der Waals surface area contributed by atoms with E-state index in [-0.39, 0.29) is 69.1 Å². The number of esters is 1. The minimum atomic E-state index is -0.689. The summed E-state index contributed by atoms with van der Waals surface area (Å²) in [5.74, 6) is 10.8. The van der Waals surface area contributed by atoms with E-state index in [1.54, 1.807) is 41.4 Å². The fourth-order valence-electron chi connectivity index (χ4n) is 6.40. The molecule has 0 aliphatic carbocycles. The summed E-state index contributed by atoms with van der Waals surface area (Å²) in [6.07, 6.45) is 2.06. The van der Waals surface area contributed by atoms with E-state index in [4.69, 9.17) is 25.8 Å². The average Bonchev–Trinajstić information content (AvgIpc) is 3.40. The smallest absolute Gasteiger partial charge is 0.337 e. The van der Waals surface area contributed by atoms with Crippen molar-refractivity contribution in [2.45, 2.75) is 45.3 Å². The summed E-state index contributed by atoms with van der Waals surface area (Å²) in [5, 5.41) is 3.78. The van der Waals surface area contributed by atoms with Gasteiger partial charge in [-0.15, -0.1) is 0 Å². The molecule has 258 valence electrons. The van der Waals surface area contributed by atoms with Gasteiger partial charge in [-0.05, 0) is 42.3 Å². The Kier molecular flexibility index (Phi) is 11.0. The summed E-state index contributed by atoms with van der Waals surface area (Å²) in [4.78, 5) is 64.6. The van der Waals surface area contributed by atoms with Crippen molar-refractivity contribution in [2.24, 2.45) is 17.5 Å². The van der Waals surface area contributed by atoms with Crippen LogP contribution in [-0.4, -0.2) is 85.6 Å². The lowest BCUT2D eigenvalue weighted by Gasteiger charge is -2.42. The summed E-state index contributed by atoms with van der Waals surface area (Å²) in [6, 6.07) is 9.25. The normalized spacial score (nSPS) is 20.2. The van der Waals surface area contributed by atoms with E-state index in [0.717, 1.165) is 5.56 Å². The molecule has 1 fully saturated rings. The minimum Gasteiger partial charge on any atom is -0.465 e. The van der Waals surface area contributed by atoms with Gasteiger partial charge in [-0.2, -0.15) is 0 Å². The highest BCUT2D eigenvalue weighted by Gasteiger charge is 2.40. The number of fused-ring (bicyclic) bond motifs is 2. The zero-order valence-corrected chi connectivity index (χ0v) is 27.7. The standard InChI is InChI=1S/C35H40N6O8/c1-21-17-39(22(2)42)29-10-9-24(35(46)47-3)16-27(29)32(21)41(37)18-25(36)20-49-15-14-48-13-5-7-23-6-4-8-26-28(23)19-40(34(26)45)30-11-12-31(43)38-33(30)44/h4,6,8-10,16,18,21,30,32H,11-15,17,19-20,36-37H2,1-3H3,(H,38,43,44)/b25-18-/t21-,30?,32?/m1/s1. The van der Waals surface area contributed by atoms with Gasteiger partial charge in [0.2, 0.25) is 17.7 Å². The van der Waals surface area contributed by atoms with Crippen molar-refractivity contribution < 1.29 is 38.2 Å². The zero-order valence-electron chi connectivity index (χ0n) is 27.7. The summed E-state index contributed by atoms with van der Waals surface area (Å²) in [7, 11) is 1.31. The Hall–Kier alpha value is -5.23. The van der Waals surface area contributed by atoms with Crippen molar-refractivity contribution in [1.29, 1.82) is 0 Å². The minimum absolute atomic E-state index is 0.0875. The maximum absolute atomic E-state index is 13.0. The van der Waals surface area contributed by atoms with Gasteiger partial charge in [0.1, 0.15) is 12.6 Å². The molecule has 5 N–H and O–H groups in total. The van der Waals surface area contributed by atoms with Crippen LogP contribution in [0.3, 0.4) is 0 Å². The van der Waals surface area contributed by atoms with Crippen LogP contribution in [0.5, 0.6) is 0 Å². The number of hydrogen-bond donors (Lipinski definition) is 3. The molecule has 0 radical (unpaired) electrons. The first kappa shape index (κ1) is 35.1. The summed E-state index contributed by atoms with van der Waals surface area (Å²) in [5.41, 5.74) is 10.2. The highest BCUT2D eigenvalue weighted by molar-refractivity contribution is 6.05. The third-order valence-corrected chi connectivity index (χ3v) is 8.70. The Balaban J connectivity index is 1.11. The molecule has 3 aliphatic heterocycles. The van der Waals surface area contributed by atoms with Gasteiger partial charge in [-0.25, -0.2) is 10.6 Å². The predicted molar refractivity (Wildman–Crippen MR) is 177 cm³/mol. The molecule has 3 heterocycles. The lowest BCUT2D eigenvalue weighted by atomic mass is 9.86. The van der Waals surface area contributed by atoms with Crippen LogP contribution in [0.4, 0.5) is 5.69 Å². The number of methoxy groups -OCH3 is 1. The van der Waals surface area contributed by atoms with E-state index in [1.165, 1.54) is 23.9 Å². The van der Waals surface area contributed by atoms with Crippen LogP contribution in [0.15, 0.2) is 48.3 Å². The lowest BCUT2D eigenvalue weighted by Crippen LogP contribution is -2.52. The van der Waals surface area contributed by atoms with Crippen molar-refractivity contribution in [3.8, 4) is 11.8 Å². The number of piperidine rings is 1. The quantitative estimate of drug-likeness (QED) is 0.0826. The number of nitrogens with one attached hydrogen (secondary N) is 1. The number of carbonyl (C=O) groups excluding carboxylic acids is 5. The topological polar surface area (TPSA) is 187 Å². The largest absolute Gasteiger partial charge is 0.465 e. The van der Waals surface area contributed by atoms with Crippen molar-refractivity contribution in [3.63, 3.8) is 0 Å². The first-order valence-electron chi connectivity index (χ1n) is 15.9. The third-order valence-electron chi connectivity index (χ3n) is 8.70. The molecule has 49 heavy (non-hydrogen) atoms. The molecular formula is C35H40N6O8. The van der Waals surface area contributed by atoms with Gasteiger partial charge in [0, 0.05) is 60.9 Å². The Labute approximate surface area is 284 Å². The van der Waals surface area contributed by atoms with Gasteiger partial charge in [-0.1, -0.05) is 24.8 Å². The first-order valence-corrected chi connectivity index (χ1v) is 15.9. The molecule has 14 nitrogen and oxygen atoms in total. The number of anilines is 1. The number of benzene rings is 2. The Bertz CT molecular complexity index is 1750. The Morgan fingerprint density at radius 3 is 2.65 bits per heavy atom. The molecule has 2 aromatic carbocycles. The average molecular weight is 673 g/mol. The number of hydrazine groups is 1. The van der Waals surface area contributed by atoms with E-state index in [1.807, 2.05) is 13.0 Å². The van der Waals surface area contributed by atoms with Gasteiger partial charge in [0.25, 0.3) is 5.91 Å². The van der Waals surface area contributed by atoms with Crippen molar-refractivity contribution in [3.05, 3.63) is 76.1 Å². The third kappa shape index (κ3) is 7.75. The fourth-order valence-corrected chi connectivity index (χ4v) is 6.40. The van der Waals surface area contributed by atoms with Gasteiger partial charge < -0.3 is 34.8 Å². The highest BCUT2D eigenvalue weighted by Crippen LogP contribution is 2.40. The van der Waals surface area contributed by atoms with Crippen molar-refractivity contribution in [1.82, 2.24) is 15.2 Å². The molecular weight excluding hydrogens is 632 g/mol. The van der Waals surface area contributed by atoms with Gasteiger partial charge >= 0.3 is 5.97 Å². The molecule has 3 aliphatic rings. The predicted octanol–water partition coefficient (Wildman–Crippen LogP) is 1.34. The van der Waals surface area contributed by atoms with E-state index in [2.05, 4.69) is 17.2 Å². The lowest BCUT2D eigenvalue weighted by molar-refractivity contribution is -0.137. The fraction of sp³-hybridized carbons (Fsp3) is 0.400. The number of hydrogen-bond acceptors (Lipinski definition) is 11. The number of rotatable bonds is 10. The van der Waals surface area contributed by atoms with E-state index in [0.29, 0.717) is 46.6 Å². The summed E-state index contributed by atoms with van der Waals surface area (Å²) in [6.45, 7) is 4.87. The number of amides is 4. The zero-order chi connectivity index (χ0) is 35.2. The molecule has 0 saturated carbocycles. The molecule has 0 bridgehead atoms. The summed E-state index contributed by atoms with van der Waals surface area (Å²) < 4.78 is 16.1. The van der Waals surface area contributed by atoms with Crippen LogP contribution < -0.4 is 21.8 Å². The monoisotopic (exact) mass is 672 g/mol. The van der Waals surface area contributed by atoms with Crippen LogP contribution in [0, 0.1) is 17.8 Å². The second-order valence-corrected chi connectivity index (χ2v) is 12.1. The van der Waals surface area contributed by atoms with Crippen molar-refractivity contribution in [2.75, 3.05) is 45.0 Å². The molecule has 0 aromatic heterocycles. The first-order chi connectivity index (χ1) is 23.5. The molecule has 2 aromatic rings.